The fourth-order valence-corrected chi connectivity index (χ4v) is 2.80. The van der Waals surface area contributed by atoms with E-state index < -0.39 is 12.1 Å². The number of benzene rings is 1. The number of nitrogens with zero attached hydrogens (tertiary/aromatic N) is 2. The third kappa shape index (κ3) is 7.42. The van der Waals surface area contributed by atoms with Crippen molar-refractivity contribution in [2.75, 3.05) is 18.4 Å². The first-order valence-corrected chi connectivity index (χ1v) is 9.36. The Morgan fingerprint density at radius 1 is 1.17 bits per heavy atom. The van der Waals surface area contributed by atoms with Gasteiger partial charge in [0.15, 0.2) is 0 Å². The van der Waals surface area contributed by atoms with Crippen LogP contribution in [0.3, 0.4) is 0 Å². The van der Waals surface area contributed by atoms with Crippen LogP contribution in [-0.2, 0) is 4.79 Å². The summed E-state index contributed by atoms with van der Waals surface area (Å²) < 4.78 is 32.3. The molecule has 1 aromatic heterocycles. The predicted molar refractivity (Wildman–Crippen MR) is 103 cm³/mol. The molecule has 156 valence electrons. The number of halogens is 4. The molecule has 3 rings (SSSR count). The first-order chi connectivity index (χ1) is 13.7. The number of aromatic nitrogens is 2. The van der Waals surface area contributed by atoms with Gasteiger partial charge in [-0.3, -0.25) is 4.79 Å². The Balaban J connectivity index is 0.000000370. The minimum Gasteiger partial charge on any atom is -0.475 e. The van der Waals surface area contributed by atoms with Crippen molar-refractivity contribution in [1.29, 1.82) is 0 Å². The lowest BCUT2D eigenvalue weighted by atomic mass is 9.92. The highest BCUT2D eigenvalue weighted by Gasteiger charge is 2.38. The molecule has 0 bridgehead atoms. The number of anilines is 1. The molecule has 1 aliphatic rings. The molecule has 0 radical (unpaired) electrons. The van der Waals surface area contributed by atoms with Gasteiger partial charge < -0.3 is 15.7 Å². The standard InChI is InChI=1S/C16H17BrN4O.C2HF3O2/c17-15-10-19-14(9-20-15)16(22)21-13-5-3-11(4-6-13)12-2-1-7-18-8-12;3-2(4,5)1(6)7/h3-6,9-10,12,18H,1-2,7-8H2,(H,21,22);(H,6,7)/t12-;/m1./s1. The Morgan fingerprint density at radius 3 is 2.31 bits per heavy atom. The van der Waals surface area contributed by atoms with E-state index >= 15 is 0 Å². The molecule has 1 fully saturated rings. The molecule has 0 unspecified atom stereocenters. The number of nitrogens with one attached hydrogen (secondary N) is 2. The van der Waals surface area contributed by atoms with Crippen LogP contribution in [0.1, 0.15) is 34.8 Å². The Bertz CT molecular complexity index is 824. The molecule has 0 saturated carbocycles. The lowest BCUT2D eigenvalue weighted by Gasteiger charge is -2.23. The number of hydrogen-bond donors (Lipinski definition) is 3. The zero-order valence-corrected chi connectivity index (χ0v) is 16.6. The van der Waals surface area contributed by atoms with Gasteiger partial charge in [0.1, 0.15) is 10.3 Å². The summed E-state index contributed by atoms with van der Waals surface area (Å²) in [4.78, 5) is 29.0. The van der Waals surface area contributed by atoms with Gasteiger partial charge in [-0.2, -0.15) is 13.2 Å². The van der Waals surface area contributed by atoms with E-state index in [1.54, 1.807) is 0 Å². The molecule has 0 aliphatic carbocycles. The highest BCUT2D eigenvalue weighted by atomic mass is 79.9. The first kappa shape index (κ1) is 22.8. The third-order valence-corrected chi connectivity index (χ3v) is 4.44. The molecular weight excluding hydrogens is 457 g/mol. The topological polar surface area (TPSA) is 104 Å². The maximum absolute atomic E-state index is 12.1. The maximum Gasteiger partial charge on any atom is 0.490 e. The molecule has 29 heavy (non-hydrogen) atoms. The zero-order chi connectivity index (χ0) is 21.4. The lowest BCUT2D eigenvalue weighted by molar-refractivity contribution is -0.192. The van der Waals surface area contributed by atoms with E-state index in [9.17, 15) is 18.0 Å². The Morgan fingerprint density at radius 2 is 1.83 bits per heavy atom. The van der Waals surface area contributed by atoms with Crippen LogP contribution in [0, 0.1) is 0 Å². The van der Waals surface area contributed by atoms with Crippen molar-refractivity contribution in [3.05, 3.63) is 52.5 Å². The second kappa shape index (κ2) is 10.3. The van der Waals surface area contributed by atoms with Gasteiger partial charge in [0, 0.05) is 12.2 Å². The molecule has 3 N–H and O–H groups in total. The van der Waals surface area contributed by atoms with Crippen LogP contribution in [-0.4, -0.2) is 46.2 Å². The van der Waals surface area contributed by atoms with Gasteiger partial charge >= 0.3 is 12.1 Å². The highest BCUT2D eigenvalue weighted by Crippen LogP contribution is 2.24. The van der Waals surface area contributed by atoms with E-state index in [4.69, 9.17) is 9.90 Å². The largest absolute Gasteiger partial charge is 0.490 e. The van der Waals surface area contributed by atoms with Crippen LogP contribution >= 0.6 is 15.9 Å². The van der Waals surface area contributed by atoms with E-state index in [0.717, 1.165) is 18.8 Å². The smallest absolute Gasteiger partial charge is 0.475 e. The number of carboxylic acid groups (broad SMARTS) is 1. The van der Waals surface area contributed by atoms with E-state index in [1.807, 2.05) is 12.1 Å². The number of carbonyl (C=O) groups is 2. The third-order valence-electron chi connectivity index (χ3n) is 4.03. The molecule has 1 aliphatic heterocycles. The number of carbonyl (C=O) groups excluding carboxylic acids is 1. The molecule has 1 amide bonds. The van der Waals surface area contributed by atoms with Crippen molar-refractivity contribution in [3.63, 3.8) is 0 Å². The molecule has 2 aromatic rings. The van der Waals surface area contributed by atoms with Gasteiger partial charge in [-0.1, -0.05) is 12.1 Å². The van der Waals surface area contributed by atoms with Gasteiger partial charge in [-0.25, -0.2) is 14.8 Å². The summed E-state index contributed by atoms with van der Waals surface area (Å²) in [7, 11) is 0. The van der Waals surface area contributed by atoms with Crippen molar-refractivity contribution in [2.24, 2.45) is 0 Å². The summed E-state index contributed by atoms with van der Waals surface area (Å²) in [5, 5.41) is 13.4. The summed E-state index contributed by atoms with van der Waals surface area (Å²) in [6, 6.07) is 8.04. The van der Waals surface area contributed by atoms with Crippen molar-refractivity contribution in [1.82, 2.24) is 15.3 Å². The zero-order valence-electron chi connectivity index (χ0n) is 15.0. The monoisotopic (exact) mass is 474 g/mol. The second-order valence-electron chi connectivity index (χ2n) is 6.15. The van der Waals surface area contributed by atoms with Gasteiger partial charge in [-0.05, 0) is 58.9 Å². The normalized spacial score (nSPS) is 16.3. The molecule has 7 nitrogen and oxygen atoms in total. The first-order valence-electron chi connectivity index (χ1n) is 8.56. The summed E-state index contributed by atoms with van der Waals surface area (Å²) in [5.41, 5.74) is 2.37. The lowest BCUT2D eigenvalue weighted by Crippen LogP contribution is -2.28. The maximum atomic E-state index is 12.1. The molecule has 1 atom stereocenters. The minimum absolute atomic E-state index is 0.257. The average Bonchev–Trinajstić information content (AvgIpc) is 2.69. The molecule has 11 heteroatoms. The number of amides is 1. The fourth-order valence-electron chi connectivity index (χ4n) is 2.60. The Hall–Kier alpha value is -2.53. The van der Waals surface area contributed by atoms with Crippen LogP contribution in [0.15, 0.2) is 41.3 Å². The summed E-state index contributed by atoms with van der Waals surface area (Å²) in [6.45, 7) is 2.14. The van der Waals surface area contributed by atoms with E-state index in [1.165, 1.54) is 30.8 Å². The number of piperidine rings is 1. The number of rotatable bonds is 3. The predicted octanol–water partition coefficient (Wildman–Crippen LogP) is 3.59. The summed E-state index contributed by atoms with van der Waals surface area (Å²) >= 11 is 3.20. The van der Waals surface area contributed by atoms with Crippen molar-refractivity contribution in [3.8, 4) is 0 Å². The minimum atomic E-state index is -5.08. The van der Waals surface area contributed by atoms with Crippen molar-refractivity contribution < 1.29 is 27.9 Å². The van der Waals surface area contributed by atoms with Crippen LogP contribution in [0.4, 0.5) is 18.9 Å². The fraction of sp³-hybridized carbons (Fsp3) is 0.333. The average molecular weight is 475 g/mol. The number of hydrogen-bond acceptors (Lipinski definition) is 5. The SMILES string of the molecule is O=C(Nc1ccc([C@@H]2CCCNC2)cc1)c1cnc(Br)cn1.O=C(O)C(F)(F)F. The van der Waals surface area contributed by atoms with E-state index in [-0.39, 0.29) is 5.91 Å². The Labute approximate surface area is 172 Å². The van der Waals surface area contributed by atoms with E-state index in [0.29, 0.717) is 16.2 Å². The van der Waals surface area contributed by atoms with Gasteiger partial charge in [0.2, 0.25) is 0 Å². The quantitative estimate of drug-likeness (QED) is 0.627. The second-order valence-corrected chi connectivity index (χ2v) is 6.96. The van der Waals surface area contributed by atoms with Gasteiger partial charge in [0.25, 0.3) is 5.91 Å². The van der Waals surface area contributed by atoms with Gasteiger partial charge in [0.05, 0.1) is 12.4 Å². The van der Waals surface area contributed by atoms with Gasteiger partial charge in [-0.15, -0.1) is 0 Å². The summed E-state index contributed by atoms with van der Waals surface area (Å²) in [5.74, 6) is -2.45. The highest BCUT2D eigenvalue weighted by molar-refractivity contribution is 9.10. The number of carboxylic acids is 1. The van der Waals surface area contributed by atoms with Crippen LogP contribution < -0.4 is 10.6 Å². The van der Waals surface area contributed by atoms with Crippen LogP contribution in [0.2, 0.25) is 0 Å². The van der Waals surface area contributed by atoms with Crippen molar-refractivity contribution in [2.45, 2.75) is 24.9 Å². The molecule has 0 spiro atoms. The van der Waals surface area contributed by atoms with Crippen LogP contribution in [0.25, 0.3) is 0 Å². The molecular formula is C18H18BrF3N4O3. The Kier molecular flexibility index (Phi) is 8.09. The molecule has 1 saturated heterocycles. The molecule has 2 heterocycles. The molecule has 1 aromatic carbocycles. The summed E-state index contributed by atoms with van der Waals surface area (Å²) in [6.07, 6.45) is 0.300. The number of alkyl halides is 3. The van der Waals surface area contributed by atoms with Crippen molar-refractivity contribution >= 4 is 33.5 Å². The number of aliphatic carboxylic acids is 1. The van der Waals surface area contributed by atoms with Crippen LogP contribution in [0.5, 0.6) is 0 Å². The van der Waals surface area contributed by atoms with E-state index in [2.05, 4.69) is 48.7 Å².